The number of amides is 3. The van der Waals surface area contributed by atoms with E-state index in [1.807, 2.05) is 54.6 Å². The molecule has 12 heteroatoms. The van der Waals surface area contributed by atoms with Crippen LogP contribution < -0.4 is 40.2 Å². The molecule has 3 N–H and O–H groups in total. The van der Waals surface area contributed by atoms with E-state index in [-0.39, 0.29) is 60.0 Å². The van der Waals surface area contributed by atoms with Crippen LogP contribution in [0.15, 0.2) is 80.8 Å². The topological polar surface area (TPSA) is 116 Å². The molecule has 0 spiro atoms. The van der Waals surface area contributed by atoms with Gasteiger partial charge in [0.25, 0.3) is 5.91 Å². The van der Waals surface area contributed by atoms with Gasteiger partial charge in [-0.1, -0.05) is 46.3 Å². The summed E-state index contributed by atoms with van der Waals surface area (Å²) in [7, 11) is 0. The molecule has 2 aromatic carbocycles. The summed E-state index contributed by atoms with van der Waals surface area (Å²) >= 11 is 6.12. The summed E-state index contributed by atoms with van der Waals surface area (Å²) in [6, 6.07) is 15.9. The van der Waals surface area contributed by atoms with Crippen LogP contribution in [-0.4, -0.2) is 63.2 Å². The molecule has 2 saturated heterocycles. The maximum absolute atomic E-state index is 13.1. The Bertz CT molecular complexity index is 1360. The molecular weight excluding hydrogens is 601 g/mol. The first-order valence-corrected chi connectivity index (χ1v) is 14.3. The van der Waals surface area contributed by atoms with Gasteiger partial charge in [-0.3, -0.25) is 19.3 Å². The van der Waals surface area contributed by atoms with Crippen molar-refractivity contribution in [3.05, 3.63) is 81.5 Å². The summed E-state index contributed by atoms with van der Waals surface area (Å²) in [5, 5.41) is 15.2. The maximum Gasteiger partial charge on any atom is 1.00 e. The van der Waals surface area contributed by atoms with E-state index in [0.29, 0.717) is 29.7 Å². The van der Waals surface area contributed by atoms with Gasteiger partial charge in [0.1, 0.15) is 17.1 Å². The molecule has 0 aromatic heterocycles. The number of halogens is 1. The number of fused-ring (bicyclic) bond motifs is 1. The predicted molar refractivity (Wildman–Crippen MR) is 147 cm³/mol. The summed E-state index contributed by atoms with van der Waals surface area (Å²) in [5.41, 5.74) is 2.11. The molecule has 0 saturated carbocycles. The van der Waals surface area contributed by atoms with Crippen LogP contribution in [0.5, 0.6) is 0 Å². The third kappa shape index (κ3) is 5.78. The SMILES string of the molecule is O=C(CSc1ccc(Br)cc1)N[C@@H]1C(=O)N2C(C(=O)O)=C(C(=C3CCNC3=O)c3ccccc3)CS[C@H]12.[H-].[Na+]. The summed E-state index contributed by atoms with van der Waals surface area (Å²) in [4.78, 5) is 53.0. The molecular formula is C26H23BrN3NaO5S2. The number of aliphatic carboxylic acids is 1. The van der Waals surface area contributed by atoms with Gasteiger partial charge in [0, 0.05) is 32.8 Å². The third-order valence-electron chi connectivity index (χ3n) is 6.27. The number of nitrogens with zero attached hydrogens (tertiary/aromatic N) is 1. The first kappa shape index (κ1) is 29.0. The van der Waals surface area contributed by atoms with Crippen molar-refractivity contribution in [3.63, 3.8) is 0 Å². The van der Waals surface area contributed by atoms with Crippen molar-refractivity contribution in [2.45, 2.75) is 22.7 Å². The minimum atomic E-state index is -1.24. The van der Waals surface area contributed by atoms with E-state index in [4.69, 9.17) is 0 Å². The Balaban J connectivity index is 0.00000210. The van der Waals surface area contributed by atoms with E-state index in [1.165, 1.54) is 28.4 Å². The Morgan fingerprint density at radius 1 is 1.16 bits per heavy atom. The number of carbonyl (C=O) groups excluding carboxylic acids is 3. The molecule has 192 valence electrons. The second-order valence-corrected chi connectivity index (χ2v) is 11.6. The first-order valence-electron chi connectivity index (χ1n) is 11.5. The second-order valence-electron chi connectivity index (χ2n) is 8.56. The molecule has 38 heavy (non-hydrogen) atoms. The molecule has 3 aliphatic rings. The number of allylic oxidation sites excluding steroid dienone is 1. The zero-order valence-corrected chi connectivity index (χ0v) is 25.6. The first-order chi connectivity index (χ1) is 17.8. The van der Waals surface area contributed by atoms with Crippen molar-refractivity contribution in [3.8, 4) is 0 Å². The van der Waals surface area contributed by atoms with E-state index in [9.17, 15) is 24.3 Å². The average Bonchev–Trinajstić information content (AvgIpc) is 3.32. The molecule has 0 radical (unpaired) electrons. The van der Waals surface area contributed by atoms with Gasteiger partial charge in [0.05, 0.1) is 5.75 Å². The molecule has 2 aromatic rings. The molecule has 0 aliphatic carbocycles. The van der Waals surface area contributed by atoms with Crippen LogP contribution in [0.3, 0.4) is 0 Å². The van der Waals surface area contributed by atoms with E-state index in [0.717, 1.165) is 14.9 Å². The quantitative estimate of drug-likeness (QED) is 0.177. The number of hydrogen-bond donors (Lipinski definition) is 3. The van der Waals surface area contributed by atoms with Crippen LogP contribution in [0, 0.1) is 0 Å². The fourth-order valence-electron chi connectivity index (χ4n) is 4.60. The smallest absolute Gasteiger partial charge is 1.00 e. The zero-order chi connectivity index (χ0) is 26.1. The largest absolute Gasteiger partial charge is 1.00 e. The van der Waals surface area contributed by atoms with Crippen LogP contribution in [0.1, 0.15) is 13.4 Å². The predicted octanol–water partition coefficient (Wildman–Crippen LogP) is 0.370. The van der Waals surface area contributed by atoms with Gasteiger partial charge in [0.2, 0.25) is 11.8 Å². The normalized spacial score (nSPS) is 21.7. The van der Waals surface area contributed by atoms with Crippen LogP contribution in [0.4, 0.5) is 0 Å². The molecule has 3 amide bonds. The Morgan fingerprint density at radius 2 is 1.87 bits per heavy atom. The van der Waals surface area contributed by atoms with Crippen molar-refractivity contribution >= 4 is 68.7 Å². The van der Waals surface area contributed by atoms with Gasteiger partial charge in [-0.05, 0) is 41.8 Å². The van der Waals surface area contributed by atoms with Gasteiger partial charge in [-0.2, -0.15) is 0 Å². The van der Waals surface area contributed by atoms with Crippen molar-refractivity contribution in [1.29, 1.82) is 0 Å². The molecule has 5 rings (SSSR count). The number of nitrogens with one attached hydrogen (secondary N) is 2. The summed E-state index contributed by atoms with van der Waals surface area (Å²) in [6.45, 7) is 0.477. The molecule has 2 fully saturated rings. The Morgan fingerprint density at radius 3 is 2.50 bits per heavy atom. The van der Waals surface area contributed by atoms with E-state index >= 15 is 0 Å². The van der Waals surface area contributed by atoms with Crippen molar-refractivity contribution in [2.75, 3.05) is 18.1 Å². The fraction of sp³-hybridized carbons (Fsp3) is 0.231. The molecule has 8 nitrogen and oxygen atoms in total. The van der Waals surface area contributed by atoms with Gasteiger partial charge in [-0.25, -0.2) is 4.79 Å². The van der Waals surface area contributed by atoms with Crippen molar-refractivity contribution < 1.29 is 55.3 Å². The minimum Gasteiger partial charge on any atom is -1.00 e. The van der Waals surface area contributed by atoms with Crippen LogP contribution in [-0.2, 0) is 19.2 Å². The monoisotopic (exact) mass is 623 g/mol. The summed E-state index contributed by atoms with van der Waals surface area (Å²) < 4.78 is 0.942. The maximum atomic E-state index is 13.1. The number of thioether (sulfide) groups is 2. The molecule has 0 bridgehead atoms. The Kier molecular flexibility index (Phi) is 9.49. The zero-order valence-electron chi connectivity index (χ0n) is 21.4. The second kappa shape index (κ2) is 12.4. The number of carbonyl (C=O) groups is 4. The number of carboxylic acids is 1. The third-order valence-corrected chi connectivity index (χ3v) is 9.09. The summed E-state index contributed by atoms with van der Waals surface area (Å²) in [6.07, 6.45) is 0.468. The number of β-lactam (4-membered cyclic amide) rings is 1. The fourth-order valence-corrected chi connectivity index (χ4v) is 6.93. The average molecular weight is 625 g/mol. The van der Waals surface area contributed by atoms with Crippen molar-refractivity contribution in [1.82, 2.24) is 15.5 Å². The van der Waals surface area contributed by atoms with Gasteiger partial charge in [0.15, 0.2) is 0 Å². The van der Waals surface area contributed by atoms with Gasteiger partial charge >= 0.3 is 35.5 Å². The van der Waals surface area contributed by atoms with Crippen LogP contribution in [0.25, 0.3) is 5.57 Å². The minimum absolute atomic E-state index is 0. The van der Waals surface area contributed by atoms with Crippen molar-refractivity contribution in [2.24, 2.45) is 0 Å². The van der Waals surface area contributed by atoms with Gasteiger partial charge in [-0.15, -0.1) is 23.5 Å². The molecule has 3 heterocycles. The number of benzene rings is 2. The Labute approximate surface area is 260 Å². The van der Waals surface area contributed by atoms with Gasteiger partial charge < -0.3 is 17.2 Å². The van der Waals surface area contributed by atoms with E-state index in [1.54, 1.807) is 0 Å². The van der Waals surface area contributed by atoms with E-state index < -0.39 is 23.3 Å². The van der Waals surface area contributed by atoms with Crippen LogP contribution in [0.2, 0.25) is 0 Å². The number of hydrogen-bond acceptors (Lipinski definition) is 6. The van der Waals surface area contributed by atoms with Crippen LogP contribution >= 0.6 is 39.5 Å². The standard InChI is InChI=1S/C26H22BrN3O5S2.Na.H/c27-15-6-8-16(9-7-15)36-13-19(31)29-21-24(33)30-22(26(34)35)18(12-37-25(21)30)20(14-4-2-1-3-5-14)17-10-11-28-23(17)32;;/h1-9,21,25H,10-13H2,(H,28,32)(H,29,31)(H,34,35);;/q;+1;-1/t21-,25-;;/m1../s1. The molecule has 2 atom stereocenters. The summed E-state index contributed by atoms with van der Waals surface area (Å²) in [5.74, 6) is -1.81. The number of carboxylic acid groups (broad SMARTS) is 1. The number of rotatable bonds is 7. The molecule has 3 aliphatic heterocycles. The Hall–Kier alpha value is -2.02. The molecule has 0 unspecified atom stereocenters. The van der Waals surface area contributed by atoms with E-state index in [2.05, 4.69) is 26.6 Å².